The molecule has 0 atom stereocenters. The van der Waals surface area contributed by atoms with Crippen LogP contribution in [0, 0.1) is 0 Å². The fourth-order valence-corrected chi connectivity index (χ4v) is 11.9. The van der Waals surface area contributed by atoms with Crippen LogP contribution in [-0.2, 0) is 5.41 Å². The van der Waals surface area contributed by atoms with Crippen LogP contribution < -0.4 is 0 Å². The zero-order valence-corrected chi connectivity index (χ0v) is 31.0. The molecule has 0 saturated heterocycles. The van der Waals surface area contributed by atoms with Crippen LogP contribution in [0.25, 0.3) is 106 Å². The highest BCUT2D eigenvalue weighted by atomic mass is 32.1. The monoisotopic (exact) mass is 708 g/mol. The molecule has 0 saturated carbocycles. The van der Waals surface area contributed by atoms with Gasteiger partial charge in [-0.15, -0.1) is 22.7 Å². The first-order valence-electron chi connectivity index (χ1n) is 18.4. The van der Waals surface area contributed by atoms with E-state index in [4.69, 9.17) is 0 Å². The lowest BCUT2D eigenvalue weighted by molar-refractivity contribution is 0.661. The van der Waals surface area contributed by atoms with Gasteiger partial charge in [-0.3, -0.25) is 0 Å². The second-order valence-electron chi connectivity index (χ2n) is 15.2. The van der Waals surface area contributed by atoms with E-state index < -0.39 is 0 Å². The Morgan fingerprint density at radius 1 is 0.358 bits per heavy atom. The Kier molecular flexibility index (Phi) is 5.97. The molecule has 0 aliphatic heterocycles. The molecular weight excluding hydrogens is 677 g/mol. The first-order valence-corrected chi connectivity index (χ1v) is 20.1. The van der Waals surface area contributed by atoms with E-state index in [0.717, 1.165) is 0 Å². The summed E-state index contributed by atoms with van der Waals surface area (Å²) in [5.74, 6) is 0. The molecule has 12 rings (SSSR count). The van der Waals surface area contributed by atoms with Crippen molar-refractivity contribution in [1.29, 1.82) is 0 Å². The fraction of sp³-hybridized carbons (Fsp3) is 0.0588. The van der Waals surface area contributed by atoms with Crippen LogP contribution in [0.5, 0.6) is 0 Å². The summed E-state index contributed by atoms with van der Waals surface area (Å²) in [6.07, 6.45) is 0. The summed E-state index contributed by atoms with van der Waals surface area (Å²) < 4.78 is 5.42. The lowest BCUT2D eigenvalue weighted by Gasteiger charge is -2.22. The van der Waals surface area contributed by atoms with Crippen LogP contribution in [0.2, 0.25) is 0 Å². The quantitative estimate of drug-likeness (QED) is 0.157. The summed E-state index contributed by atoms with van der Waals surface area (Å²) in [7, 11) is 0. The van der Waals surface area contributed by atoms with Crippen LogP contribution in [0.3, 0.4) is 0 Å². The molecule has 2 heterocycles. The minimum Gasteiger partial charge on any atom is -0.135 e. The van der Waals surface area contributed by atoms with Gasteiger partial charge in [0.2, 0.25) is 0 Å². The second kappa shape index (κ2) is 10.6. The van der Waals surface area contributed by atoms with Crippen molar-refractivity contribution < 1.29 is 0 Å². The average molecular weight is 709 g/mol. The van der Waals surface area contributed by atoms with E-state index in [1.807, 2.05) is 22.7 Å². The summed E-state index contributed by atoms with van der Waals surface area (Å²) in [5, 5.41) is 13.2. The van der Waals surface area contributed by atoms with Crippen LogP contribution in [0.15, 0.2) is 158 Å². The van der Waals surface area contributed by atoms with Crippen molar-refractivity contribution in [3.8, 4) is 33.4 Å². The van der Waals surface area contributed by atoms with Crippen molar-refractivity contribution in [3.63, 3.8) is 0 Å². The third-order valence-corrected chi connectivity index (χ3v) is 14.4. The van der Waals surface area contributed by atoms with Crippen molar-refractivity contribution in [2.24, 2.45) is 0 Å². The van der Waals surface area contributed by atoms with Crippen molar-refractivity contribution in [2.45, 2.75) is 19.3 Å². The van der Waals surface area contributed by atoms with E-state index in [0.29, 0.717) is 0 Å². The highest BCUT2D eigenvalue weighted by Gasteiger charge is 2.36. The first kappa shape index (κ1) is 29.7. The number of fused-ring (bicyclic) bond motifs is 13. The van der Waals surface area contributed by atoms with E-state index >= 15 is 0 Å². The molecular formula is C51H32S2. The van der Waals surface area contributed by atoms with Gasteiger partial charge >= 0.3 is 0 Å². The maximum Gasteiger partial charge on any atom is 0.0433 e. The largest absolute Gasteiger partial charge is 0.135 e. The Hall–Kier alpha value is -5.80. The predicted molar refractivity (Wildman–Crippen MR) is 233 cm³/mol. The summed E-state index contributed by atoms with van der Waals surface area (Å²) in [6, 6.07) is 59.7. The Labute approximate surface area is 315 Å². The number of benzene rings is 9. The molecule has 1 aliphatic carbocycles. The SMILES string of the molecule is CC1(C)c2ccc(-c3c4ccccc4c(-c4ccc5c(c4)sc4ccccc45)c4ccccc34)cc2-c2cc3ccc4c5ccccc5sc4c3cc21. The van der Waals surface area contributed by atoms with Gasteiger partial charge in [0.1, 0.15) is 0 Å². The zero-order valence-electron chi connectivity index (χ0n) is 29.3. The van der Waals surface area contributed by atoms with Crippen molar-refractivity contribution >= 4 is 95.3 Å². The molecule has 0 bridgehead atoms. The highest BCUT2D eigenvalue weighted by Crippen LogP contribution is 2.53. The molecule has 0 amide bonds. The Bertz CT molecular complexity index is 3310. The molecule has 2 aromatic heterocycles. The summed E-state index contributed by atoms with van der Waals surface area (Å²) in [6.45, 7) is 4.81. The van der Waals surface area contributed by atoms with Gasteiger partial charge in [0.15, 0.2) is 0 Å². The van der Waals surface area contributed by atoms with Crippen molar-refractivity contribution in [2.75, 3.05) is 0 Å². The van der Waals surface area contributed by atoms with Gasteiger partial charge in [-0.1, -0.05) is 135 Å². The normalized spacial score (nSPS) is 13.6. The molecule has 0 N–H and O–H groups in total. The van der Waals surface area contributed by atoms with Crippen molar-refractivity contribution in [1.82, 2.24) is 0 Å². The van der Waals surface area contributed by atoms with Gasteiger partial charge < -0.3 is 0 Å². The lowest BCUT2D eigenvalue weighted by atomic mass is 9.81. The Balaban J connectivity index is 1.09. The molecule has 248 valence electrons. The molecule has 0 radical (unpaired) electrons. The number of thiophene rings is 2. The third kappa shape index (κ3) is 4.05. The Morgan fingerprint density at radius 3 is 1.55 bits per heavy atom. The maximum absolute atomic E-state index is 2.51. The number of hydrogen-bond acceptors (Lipinski definition) is 2. The van der Waals surface area contributed by atoms with Gasteiger partial charge in [-0.2, -0.15) is 0 Å². The Morgan fingerprint density at radius 2 is 0.868 bits per heavy atom. The minimum atomic E-state index is -0.102. The van der Waals surface area contributed by atoms with Crippen LogP contribution >= 0.6 is 22.7 Å². The fourth-order valence-electron chi connectivity index (χ4n) is 9.54. The molecule has 9 aromatic carbocycles. The maximum atomic E-state index is 2.51. The van der Waals surface area contributed by atoms with Gasteiger partial charge in [-0.25, -0.2) is 0 Å². The van der Waals surface area contributed by atoms with Gasteiger partial charge in [0.25, 0.3) is 0 Å². The van der Waals surface area contributed by atoms with Crippen LogP contribution in [0.4, 0.5) is 0 Å². The number of hydrogen-bond donors (Lipinski definition) is 0. The van der Waals surface area contributed by atoms with E-state index in [1.54, 1.807) is 0 Å². The van der Waals surface area contributed by atoms with E-state index in [-0.39, 0.29) is 5.41 Å². The summed E-state index contributed by atoms with van der Waals surface area (Å²) in [4.78, 5) is 0. The van der Waals surface area contributed by atoms with E-state index in [9.17, 15) is 0 Å². The molecule has 0 spiro atoms. The van der Waals surface area contributed by atoms with Crippen molar-refractivity contribution in [3.05, 3.63) is 169 Å². The molecule has 2 heteroatoms. The molecule has 0 fully saturated rings. The third-order valence-electron chi connectivity index (χ3n) is 12.0. The molecule has 1 aliphatic rings. The highest BCUT2D eigenvalue weighted by molar-refractivity contribution is 7.26. The molecule has 53 heavy (non-hydrogen) atoms. The smallest absolute Gasteiger partial charge is 0.0433 e. The number of rotatable bonds is 2. The first-order chi connectivity index (χ1) is 26.0. The van der Waals surface area contributed by atoms with Gasteiger partial charge in [0, 0.05) is 45.8 Å². The molecule has 11 aromatic rings. The van der Waals surface area contributed by atoms with Gasteiger partial charge in [-0.05, 0) is 113 Å². The van der Waals surface area contributed by atoms with Crippen LogP contribution in [0.1, 0.15) is 25.0 Å². The van der Waals surface area contributed by atoms with Gasteiger partial charge in [0.05, 0.1) is 0 Å². The zero-order chi connectivity index (χ0) is 35.0. The van der Waals surface area contributed by atoms with E-state index in [2.05, 4.69) is 172 Å². The standard InChI is InChI=1S/C51H32S2/c1-51(2)43-24-21-30(26-41(43)42-25-29-19-23-39-33-12-8-10-18-46(33)53-50(39)40(29)28-44(42)51)48-35-13-3-5-15-37(35)49(38-16-6-4-14-36(38)48)31-20-22-34-32-11-7-9-17-45(32)52-47(34)27-31/h3-28H,1-2H3. The summed E-state index contributed by atoms with van der Waals surface area (Å²) >= 11 is 3.81. The predicted octanol–water partition coefficient (Wildman–Crippen LogP) is 15.5. The minimum absolute atomic E-state index is 0.102. The molecule has 0 unspecified atom stereocenters. The summed E-state index contributed by atoms with van der Waals surface area (Å²) in [5.41, 5.74) is 10.6. The topological polar surface area (TPSA) is 0 Å². The second-order valence-corrected chi connectivity index (χ2v) is 17.3. The average Bonchev–Trinajstić information content (AvgIpc) is 3.83. The van der Waals surface area contributed by atoms with Crippen LogP contribution in [-0.4, -0.2) is 0 Å². The lowest BCUT2D eigenvalue weighted by Crippen LogP contribution is -2.14. The van der Waals surface area contributed by atoms with E-state index in [1.165, 1.54) is 117 Å². The molecule has 0 nitrogen and oxygen atoms in total.